The monoisotopic (exact) mass is 321 g/mol. The lowest BCUT2D eigenvalue weighted by Crippen LogP contribution is -2.34. The van der Waals surface area contributed by atoms with Gasteiger partial charge in [-0.3, -0.25) is 4.79 Å². The van der Waals surface area contributed by atoms with E-state index >= 15 is 0 Å². The van der Waals surface area contributed by atoms with Crippen LogP contribution in [-0.4, -0.2) is 18.3 Å². The average molecular weight is 322 g/mol. The molecule has 1 aliphatic rings. The van der Waals surface area contributed by atoms with Crippen LogP contribution in [0.4, 0.5) is 13.2 Å². The number of rotatable bonds is 4. The van der Waals surface area contributed by atoms with Gasteiger partial charge in [0.1, 0.15) is 11.1 Å². The van der Waals surface area contributed by atoms with E-state index in [0.29, 0.717) is 5.56 Å². The molecule has 0 radical (unpaired) electrons. The van der Waals surface area contributed by atoms with Gasteiger partial charge in [-0.1, -0.05) is 25.0 Å². The Morgan fingerprint density at radius 2 is 1.81 bits per heavy atom. The van der Waals surface area contributed by atoms with Gasteiger partial charge < -0.3 is 10.1 Å². The number of nitrogens with one attached hydrogen (secondary N) is 1. The van der Waals surface area contributed by atoms with Gasteiger partial charge in [0, 0.05) is 6.04 Å². The zero-order valence-corrected chi connectivity index (χ0v) is 11.9. The van der Waals surface area contributed by atoms with Crippen molar-refractivity contribution in [2.45, 2.75) is 43.5 Å². The Hall–Kier alpha value is -1.43. The summed E-state index contributed by atoms with van der Waals surface area (Å²) >= 11 is 6.05. The molecule has 2 rings (SSSR count). The predicted octanol–water partition coefficient (Wildman–Crippen LogP) is 3.92. The van der Waals surface area contributed by atoms with Crippen molar-refractivity contribution < 1.29 is 22.7 Å². The average Bonchev–Trinajstić information content (AvgIpc) is 2.90. The zero-order valence-electron chi connectivity index (χ0n) is 11.1. The van der Waals surface area contributed by atoms with Gasteiger partial charge in [0.25, 0.3) is 0 Å². The first-order chi connectivity index (χ1) is 9.85. The number of carbonyl (C=O) groups is 1. The van der Waals surface area contributed by atoms with Crippen molar-refractivity contribution in [2.75, 3.05) is 0 Å². The lowest BCUT2D eigenvalue weighted by atomic mass is 10.1. The van der Waals surface area contributed by atoms with Crippen LogP contribution < -0.4 is 10.1 Å². The van der Waals surface area contributed by atoms with Crippen LogP contribution in [0.1, 0.15) is 36.6 Å². The normalized spacial score (nSPS) is 17.5. The number of hydrogen-bond donors (Lipinski definition) is 1. The van der Waals surface area contributed by atoms with Crippen molar-refractivity contribution >= 4 is 17.5 Å². The zero-order chi connectivity index (χ0) is 15.5. The Bertz CT molecular complexity index is 484. The highest BCUT2D eigenvalue weighted by molar-refractivity contribution is 6.30. The fourth-order valence-electron chi connectivity index (χ4n) is 2.33. The highest BCUT2D eigenvalue weighted by atomic mass is 35.5. The van der Waals surface area contributed by atoms with Crippen LogP contribution in [0.2, 0.25) is 0 Å². The fourth-order valence-corrected chi connectivity index (χ4v) is 2.54. The van der Waals surface area contributed by atoms with E-state index in [2.05, 4.69) is 10.1 Å². The summed E-state index contributed by atoms with van der Waals surface area (Å²) in [5, 5.41) is 1.92. The smallest absolute Gasteiger partial charge is 0.406 e. The van der Waals surface area contributed by atoms with Crippen molar-refractivity contribution in [1.82, 2.24) is 5.32 Å². The minimum atomic E-state index is -4.73. The van der Waals surface area contributed by atoms with Crippen LogP contribution in [0, 0.1) is 0 Å². The van der Waals surface area contributed by atoms with Gasteiger partial charge >= 0.3 is 6.36 Å². The molecule has 1 unspecified atom stereocenters. The number of ether oxygens (including phenoxy) is 1. The largest absolute Gasteiger partial charge is 0.573 e. The maximum Gasteiger partial charge on any atom is 0.573 e. The molecule has 116 valence electrons. The Kier molecular flexibility index (Phi) is 4.98. The number of amides is 1. The molecule has 1 amide bonds. The van der Waals surface area contributed by atoms with E-state index in [9.17, 15) is 18.0 Å². The molecular weight excluding hydrogens is 307 g/mol. The molecule has 0 bridgehead atoms. The van der Waals surface area contributed by atoms with Gasteiger partial charge in [-0.2, -0.15) is 0 Å². The van der Waals surface area contributed by atoms with Crippen molar-refractivity contribution in [3.63, 3.8) is 0 Å². The maximum absolute atomic E-state index is 12.0. The van der Waals surface area contributed by atoms with Crippen molar-refractivity contribution in [1.29, 1.82) is 0 Å². The van der Waals surface area contributed by atoms with E-state index < -0.39 is 11.7 Å². The molecule has 0 saturated heterocycles. The third-order valence-corrected chi connectivity index (χ3v) is 3.79. The molecule has 0 heterocycles. The molecule has 7 heteroatoms. The van der Waals surface area contributed by atoms with Crippen LogP contribution in [0.5, 0.6) is 5.75 Å². The van der Waals surface area contributed by atoms with Crippen LogP contribution in [-0.2, 0) is 4.79 Å². The molecule has 1 atom stereocenters. The van der Waals surface area contributed by atoms with Gasteiger partial charge in [-0.05, 0) is 30.5 Å². The number of carbonyl (C=O) groups excluding carboxylic acids is 1. The fraction of sp³-hybridized carbons (Fsp3) is 0.500. The summed E-state index contributed by atoms with van der Waals surface area (Å²) in [5.74, 6) is -0.667. The first-order valence-electron chi connectivity index (χ1n) is 6.65. The topological polar surface area (TPSA) is 38.3 Å². The summed E-state index contributed by atoms with van der Waals surface area (Å²) in [6.07, 6.45) is -0.689. The van der Waals surface area contributed by atoms with E-state index in [1.807, 2.05) is 0 Å². The van der Waals surface area contributed by atoms with Crippen molar-refractivity contribution in [2.24, 2.45) is 0 Å². The summed E-state index contributed by atoms with van der Waals surface area (Å²) in [7, 11) is 0. The first kappa shape index (κ1) is 15.9. The lowest BCUT2D eigenvalue weighted by Gasteiger charge is -2.16. The molecule has 1 saturated carbocycles. The van der Waals surface area contributed by atoms with Gasteiger partial charge in [0.05, 0.1) is 0 Å². The molecular formula is C14H15ClF3NO2. The summed E-state index contributed by atoms with van der Waals surface area (Å²) in [6, 6.07) is 5.13. The van der Waals surface area contributed by atoms with Crippen LogP contribution in [0.15, 0.2) is 24.3 Å². The van der Waals surface area contributed by atoms with Crippen molar-refractivity contribution in [3.8, 4) is 5.75 Å². The molecule has 1 N–H and O–H groups in total. The number of halogens is 4. The second-order valence-electron chi connectivity index (χ2n) is 4.97. The molecule has 1 aromatic rings. The van der Waals surface area contributed by atoms with Gasteiger partial charge in [-0.15, -0.1) is 24.8 Å². The van der Waals surface area contributed by atoms with Gasteiger partial charge in [0.15, 0.2) is 0 Å². The third-order valence-electron chi connectivity index (χ3n) is 3.34. The highest BCUT2D eigenvalue weighted by Gasteiger charge is 2.31. The second-order valence-corrected chi connectivity index (χ2v) is 5.41. The lowest BCUT2D eigenvalue weighted by molar-refractivity contribution is -0.274. The first-order valence-corrected chi connectivity index (χ1v) is 7.09. The molecule has 0 aliphatic heterocycles. The standard InChI is InChI=1S/C14H15ClF3NO2/c15-12(13(20)19-10-3-1-2-4-10)9-5-7-11(8-6-9)21-14(16,17)18/h5-8,10,12H,1-4H2,(H,19,20). The predicted molar refractivity (Wildman–Crippen MR) is 72.1 cm³/mol. The van der Waals surface area contributed by atoms with Crippen LogP contribution in [0.3, 0.4) is 0 Å². The summed E-state index contributed by atoms with van der Waals surface area (Å²) < 4.78 is 39.9. The SMILES string of the molecule is O=C(NC1CCCC1)C(Cl)c1ccc(OC(F)(F)F)cc1. The summed E-state index contributed by atoms with van der Waals surface area (Å²) in [4.78, 5) is 12.0. The molecule has 3 nitrogen and oxygen atoms in total. The van der Waals surface area contributed by atoms with E-state index in [1.165, 1.54) is 12.1 Å². The quantitative estimate of drug-likeness (QED) is 0.853. The van der Waals surface area contributed by atoms with Crippen LogP contribution in [0.25, 0.3) is 0 Å². The number of hydrogen-bond acceptors (Lipinski definition) is 2. The van der Waals surface area contributed by atoms with Crippen LogP contribution >= 0.6 is 11.6 Å². The van der Waals surface area contributed by atoms with Gasteiger partial charge in [0.2, 0.25) is 5.91 Å². The minimum absolute atomic E-state index is 0.145. The minimum Gasteiger partial charge on any atom is -0.406 e. The molecule has 0 spiro atoms. The molecule has 1 fully saturated rings. The Morgan fingerprint density at radius 1 is 1.24 bits per heavy atom. The number of benzene rings is 1. The molecule has 21 heavy (non-hydrogen) atoms. The third kappa shape index (κ3) is 4.81. The Morgan fingerprint density at radius 3 is 2.33 bits per heavy atom. The van der Waals surface area contributed by atoms with Crippen molar-refractivity contribution in [3.05, 3.63) is 29.8 Å². The second kappa shape index (κ2) is 6.56. The van der Waals surface area contributed by atoms with E-state index in [1.54, 1.807) is 0 Å². The van der Waals surface area contributed by atoms with E-state index in [4.69, 9.17) is 11.6 Å². The Balaban J connectivity index is 1.95. The maximum atomic E-state index is 12.0. The molecule has 0 aromatic heterocycles. The number of alkyl halides is 4. The van der Waals surface area contributed by atoms with E-state index in [0.717, 1.165) is 37.8 Å². The highest BCUT2D eigenvalue weighted by Crippen LogP contribution is 2.27. The van der Waals surface area contributed by atoms with Gasteiger partial charge in [-0.25, -0.2) is 0 Å². The molecule has 1 aromatic carbocycles. The summed E-state index contributed by atoms with van der Waals surface area (Å²) in [5.41, 5.74) is 0.432. The Labute approximate surface area is 125 Å². The summed E-state index contributed by atoms with van der Waals surface area (Å²) in [6.45, 7) is 0. The van der Waals surface area contributed by atoms with E-state index in [-0.39, 0.29) is 17.7 Å². The molecule has 1 aliphatic carbocycles.